The molecule has 0 atom stereocenters. The summed E-state index contributed by atoms with van der Waals surface area (Å²) >= 11 is 0. The standard InChI is InChI=1S/C19H21NO3/c21-12-17-16-9-5-4-6-14(16)10-11-18(17)23-13-19(22)20-15-7-2-1-3-8-15/h4-6,9-12,15H,1-3,7-8,13H2,(H,20,22). The topological polar surface area (TPSA) is 55.4 Å². The third-order valence-corrected chi connectivity index (χ3v) is 4.38. The van der Waals surface area contributed by atoms with Gasteiger partial charge < -0.3 is 10.1 Å². The maximum atomic E-state index is 12.0. The van der Waals surface area contributed by atoms with Crippen LogP contribution in [-0.4, -0.2) is 24.8 Å². The van der Waals surface area contributed by atoms with E-state index in [1.54, 1.807) is 6.07 Å². The molecule has 1 N–H and O–H groups in total. The molecule has 0 saturated heterocycles. The van der Waals surface area contributed by atoms with Crippen molar-refractivity contribution in [1.29, 1.82) is 0 Å². The van der Waals surface area contributed by atoms with Gasteiger partial charge in [-0.05, 0) is 29.7 Å². The molecule has 0 aliphatic heterocycles. The van der Waals surface area contributed by atoms with E-state index in [-0.39, 0.29) is 18.6 Å². The quantitative estimate of drug-likeness (QED) is 0.860. The largest absolute Gasteiger partial charge is 0.483 e. The van der Waals surface area contributed by atoms with Crippen LogP contribution in [0.15, 0.2) is 36.4 Å². The van der Waals surface area contributed by atoms with Gasteiger partial charge in [0.2, 0.25) is 0 Å². The zero-order chi connectivity index (χ0) is 16.1. The van der Waals surface area contributed by atoms with E-state index in [4.69, 9.17) is 4.74 Å². The summed E-state index contributed by atoms with van der Waals surface area (Å²) in [6.07, 6.45) is 6.47. The van der Waals surface area contributed by atoms with Crippen molar-refractivity contribution in [2.45, 2.75) is 38.1 Å². The fourth-order valence-electron chi connectivity index (χ4n) is 3.18. The number of ether oxygens (including phenoxy) is 1. The highest BCUT2D eigenvalue weighted by Crippen LogP contribution is 2.26. The minimum Gasteiger partial charge on any atom is -0.483 e. The molecule has 0 spiro atoms. The number of carbonyl (C=O) groups is 2. The molecule has 3 rings (SSSR count). The van der Waals surface area contributed by atoms with Gasteiger partial charge in [0.1, 0.15) is 5.75 Å². The van der Waals surface area contributed by atoms with Gasteiger partial charge in [-0.2, -0.15) is 0 Å². The van der Waals surface area contributed by atoms with E-state index in [0.29, 0.717) is 11.3 Å². The molecule has 4 heteroatoms. The van der Waals surface area contributed by atoms with Crippen LogP contribution in [0, 0.1) is 0 Å². The van der Waals surface area contributed by atoms with Gasteiger partial charge in [0.15, 0.2) is 12.9 Å². The van der Waals surface area contributed by atoms with Gasteiger partial charge in [0.25, 0.3) is 5.91 Å². The first-order valence-corrected chi connectivity index (χ1v) is 8.17. The lowest BCUT2D eigenvalue weighted by Gasteiger charge is -2.22. The summed E-state index contributed by atoms with van der Waals surface area (Å²) in [5.74, 6) is 0.333. The third kappa shape index (κ3) is 3.70. The lowest BCUT2D eigenvalue weighted by Crippen LogP contribution is -2.39. The smallest absolute Gasteiger partial charge is 0.258 e. The Labute approximate surface area is 135 Å². The molecule has 0 radical (unpaired) electrons. The van der Waals surface area contributed by atoms with Crippen LogP contribution < -0.4 is 10.1 Å². The molecule has 1 fully saturated rings. The molecule has 1 saturated carbocycles. The summed E-state index contributed by atoms with van der Waals surface area (Å²) in [5, 5.41) is 4.83. The van der Waals surface area contributed by atoms with E-state index in [9.17, 15) is 9.59 Å². The van der Waals surface area contributed by atoms with E-state index in [1.807, 2.05) is 30.3 Å². The summed E-state index contributed by atoms with van der Waals surface area (Å²) in [6, 6.07) is 11.6. The lowest BCUT2D eigenvalue weighted by atomic mass is 9.95. The van der Waals surface area contributed by atoms with Crippen LogP contribution in [0.3, 0.4) is 0 Å². The Balaban J connectivity index is 1.66. The predicted octanol–water partition coefficient (Wildman–Crippen LogP) is 3.48. The highest BCUT2D eigenvalue weighted by Gasteiger charge is 2.16. The molecular formula is C19H21NO3. The average molecular weight is 311 g/mol. The number of hydrogen-bond donors (Lipinski definition) is 1. The SMILES string of the molecule is O=Cc1c(OCC(=O)NC2CCCCC2)ccc2ccccc12. The second kappa shape index (κ2) is 7.27. The highest BCUT2D eigenvalue weighted by molar-refractivity contribution is 6.00. The number of rotatable bonds is 5. The Morgan fingerprint density at radius 2 is 1.91 bits per heavy atom. The number of benzene rings is 2. The van der Waals surface area contributed by atoms with Crippen LogP contribution in [0.4, 0.5) is 0 Å². The molecule has 0 aromatic heterocycles. The summed E-state index contributed by atoms with van der Waals surface area (Å²) in [5.41, 5.74) is 0.494. The van der Waals surface area contributed by atoms with E-state index in [0.717, 1.165) is 29.9 Å². The van der Waals surface area contributed by atoms with E-state index >= 15 is 0 Å². The van der Waals surface area contributed by atoms with Crippen LogP contribution >= 0.6 is 0 Å². The van der Waals surface area contributed by atoms with Gasteiger partial charge in [-0.15, -0.1) is 0 Å². The molecule has 4 nitrogen and oxygen atoms in total. The number of aldehydes is 1. The molecule has 23 heavy (non-hydrogen) atoms. The van der Waals surface area contributed by atoms with E-state index in [1.165, 1.54) is 19.3 Å². The van der Waals surface area contributed by atoms with Gasteiger partial charge in [-0.25, -0.2) is 0 Å². The average Bonchev–Trinajstić information content (AvgIpc) is 2.60. The normalized spacial score (nSPS) is 15.3. The molecule has 0 heterocycles. The minimum atomic E-state index is -0.123. The van der Waals surface area contributed by atoms with Crippen LogP contribution in [0.2, 0.25) is 0 Å². The summed E-state index contributed by atoms with van der Waals surface area (Å²) < 4.78 is 5.60. The molecule has 2 aromatic carbocycles. The maximum absolute atomic E-state index is 12.0. The predicted molar refractivity (Wildman–Crippen MR) is 89.8 cm³/mol. The zero-order valence-electron chi connectivity index (χ0n) is 13.1. The number of fused-ring (bicyclic) bond motifs is 1. The van der Waals surface area contributed by atoms with Crippen molar-refractivity contribution in [2.75, 3.05) is 6.61 Å². The van der Waals surface area contributed by atoms with Gasteiger partial charge in [0, 0.05) is 6.04 Å². The van der Waals surface area contributed by atoms with Gasteiger partial charge >= 0.3 is 0 Å². The molecule has 1 aliphatic carbocycles. The third-order valence-electron chi connectivity index (χ3n) is 4.38. The number of hydrogen-bond acceptors (Lipinski definition) is 3. The first-order chi connectivity index (χ1) is 11.3. The molecule has 0 bridgehead atoms. The van der Waals surface area contributed by atoms with Gasteiger partial charge in [0.05, 0.1) is 5.56 Å². The van der Waals surface area contributed by atoms with Crippen LogP contribution in [0.5, 0.6) is 5.75 Å². The minimum absolute atomic E-state index is 0.0598. The van der Waals surface area contributed by atoms with Crippen molar-refractivity contribution in [1.82, 2.24) is 5.32 Å². The number of carbonyl (C=O) groups excluding carboxylic acids is 2. The number of amides is 1. The fourth-order valence-corrected chi connectivity index (χ4v) is 3.18. The van der Waals surface area contributed by atoms with E-state index < -0.39 is 0 Å². The van der Waals surface area contributed by atoms with Crippen molar-refractivity contribution in [3.63, 3.8) is 0 Å². The van der Waals surface area contributed by atoms with Gasteiger partial charge in [-0.1, -0.05) is 49.6 Å². The Morgan fingerprint density at radius 3 is 2.70 bits per heavy atom. The van der Waals surface area contributed by atoms with Crippen molar-refractivity contribution in [2.24, 2.45) is 0 Å². The Bertz CT molecular complexity index is 705. The molecule has 0 unspecified atom stereocenters. The second-order valence-electron chi connectivity index (χ2n) is 6.01. The van der Waals surface area contributed by atoms with Crippen molar-refractivity contribution < 1.29 is 14.3 Å². The lowest BCUT2D eigenvalue weighted by molar-refractivity contribution is -0.124. The van der Waals surface area contributed by atoms with Crippen molar-refractivity contribution in [3.05, 3.63) is 42.0 Å². The first-order valence-electron chi connectivity index (χ1n) is 8.17. The van der Waals surface area contributed by atoms with Crippen LogP contribution in [0.25, 0.3) is 10.8 Å². The molecular weight excluding hydrogens is 290 g/mol. The van der Waals surface area contributed by atoms with Crippen molar-refractivity contribution >= 4 is 23.0 Å². The summed E-state index contributed by atoms with van der Waals surface area (Å²) in [6.45, 7) is -0.0598. The molecule has 1 aliphatic rings. The molecule has 120 valence electrons. The van der Waals surface area contributed by atoms with Crippen molar-refractivity contribution in [3.8, 4) is 5.75 Å². The number of nitrogens with one attached hydrogen (secondary N) is 1. The van der Waals surface area contributed by atoms with Crippen LogP contribution in [0.1, 0.15) is 42.5 Å². The summed E-state index contributed by atoms with van der Waals surface area (Å²) in [7, 11) is 0. The monoisotopic (exact) mass is 311 g/mol. The second-order valence-corrected chi connectivity index (χ2v) is 6.01. The maximum Gasteiger partial charge on any atom is 0.258 e. The van der Waals surface area contributed by atoms with Gasteiger partial charge in [-0.3, -0.25) is 9.59 Å². The zero-order valence-corrected chi connectivity index (χ0v) is 13.1. The molecule has 1 amide bonds. The summed E-state index contributed by atoms with van der Waals surface area (Å²) in [4.78, 5) is 23.4. The Hall–Kier alpha value is -2.36. The van der Waals surface area contributed by atoms with Crippen LogP contribution in [-0.2, 0) is 4.79 Å². The first kappa shape index (κ1) is 15.5. The fraction of sp³-hybridized carbons (Fsp3) is 0.368. The highest BCUT2D eigenvalue weighted by atomic mass is 16.5. The van der Waals surface area contributed by atoms with E-state index in [2.05, 4.69) is 5.32 Å². The Kier molecular flexibility index (Phi) is 4.91. The molecule has 2 aromatic rings. The Morgan fingerprint density at radius 1 is 1.13 bits per heavy atom.